The van der Waals surface area contributed by atoms with Gasteiger partial charge in [0.2, 0.25) is 0 Å². The number of nitrogens with two attached hydrogens (primary N) is 1. The van der Waals surface area contributed by atoms with Gasteiger partial charge >= 0.3 is 0 Å². The van der Waals surface area contributed by atoms with E-state index in [0.29, 0.717) is 29.9 Å². The molecular weight excluding hydrogens is 322 g/mol. The van der Waals surface area contributed by atoms with Crippen molar-refractivity contribution in [3.63, 3.8) is 0 Å². The number of nitro benzene ring substituents is 1. The quantitative estimate of drug-likeness (QED) is 0.637. The summed E-state index contributed by atoms with van der Waals surface area (Å²) in [5.74, 6) is -0.164. The van der Waals surface area contributed by atoms with Gasteiger partial charge in [0.05, 0.1) is 10.5 Å². The minimum Gasteiger partial charge on any atom is -0.341 e. The van der Waals surface area contributed by atoms with Gasteiger partial charge in [0.1, 0.15) is 5.69 Å². The van der Waals surface area contributed by atoms with Gasteiger partial charge in [-0.25, -0.2) is 0 Å². The van der Waals surface area contributed by atoms with Crippen LogP contribution < -0.4 is 5.73 Å². The molecule has 0 saturated carbocycles. The molecule has 0 unspecified atom stereocenters. The van der Waals surface area contributed by atoms with Crippen molar-refractivity contribution in [3.8, 4) is 11.3 Å². The van der Waals surface area contributed by atoms with Crippen LogP contribution in [0, 0.1) is 15.5 Å². The normalized spacial score (nSPS) is 11.4. The fourth-order valence-corrected chi connectivity index (χ4v) is 2.58. The first-order valence-electron chi connectivity index (χ1n) is 7.88. The second kappa shape index (κ2) is 7.02. The van der Waals surface area contributed by atoms with Crippen molar-refractivity contribution in [2.24, 2.45) is 18.2 Å². The van der Waals surface area contributed by atoms with Crippen molar-refractivity contribution < 1.29 is 9.72 Å². The standard InChI is InChI=1S/C17H23N5O3/c1-17(2,10-18)11-20(3)16(23)14-9-21(4)19-15(14)12-5-7-13(8-6-12)22(24)25/h5-9H,10-11,18H2,1-4H3. The lowest BCUT2D eigenvalue weighted by molar-refractivity contribution is -0.384. The maximum absolute atomic E-state index is 12.8. The van der Waals surface area contributed by atoms with Crippen LogP contribution in [0.3, 0.4) is 0 Å². The Bertz CT molecular complexity index is 780. The number of amides is 1. The molecule has 0 saturated heterocycles. The molecule has 8 heteroatoms. The summed E-state index contributed by atoms with van der Waals surface area (Å²) in [6.07, 6.45) is 1.66. The number of non-ortho nitro benzene ring substituents is 1. The first-order valence-corrected chi connectivity index (χ1v) is 7.88. The molecule has 2 rings (SSSR count). The molecule has 2 aromatic rings. The van der Waals surface area contributed by atoms with Crippen molar-refractivity contribution >= 4 is 11.6 Å². The molecule has 1 aromatic heterocycles. The van der Waals surface area contributed by atoms with Crippen LogP contribution in [-0.4, -0.2) is 45.6 Å². The van der Waals surface area contributed by atoms with Crippen molar-refractivity contribution in [1.82, 2.24) is 14.7 Å². The van der Waals surface area contributed by atoms with Gasteiger partial charge < -0.3 is 10.6 Å². The summed E-state index contributed by atoms with van der Waals surface area (Å²) >= 11 is 0. The van der Waals surface area contributed by atoms with Crippen LogP contribution in [0.25, 0.3) is 11.3 Å². The average Bonchev–Trinajstić information content (AvgIpc) is 2.95. The van der Waals surface area contributed by atoms with E-state index >= 15 is 0 Å². The second-order valence-electron chi connectivity index (χ2n) is 6.90. The van der Waals surface area contributed by atoms with E-state index in [4.69, 9.17) is 5.73 Å². The molecule has 0 aliphatic rings. The number of hydrogen-bond donors (Lipinski definition) is 1. The van der Waals surface area contributed by atoms with E-state index in [1.165, 1.54) is 12.1 Å². The molecule has 1 amide bonds. The third kappa shape index (κ3) is 4.21. The molecule has 0 bridgehead atoms. The van der Waals surface area contributed by atoms with Crippen LogP contribution in [0.4, 0.5) is 5.69 Å². The van der Waals surface area contributed by atoms with Crippen LogP contribution >= 0.6 is 0 Å². The first-order chi connectivity index (χ1) is 11.6. The number of aryl methyl sites for hydroxylation is 1. The van der Waals surface area contributed by atoms with Gasteiger partial charge in [-0.05, 0) is 24.1 Å². The third-order valence-corrected chi connectivity index (χ3v) is 3.98. The van der Waals surface area contributed by atoms with Crippen LogP contribution in [0.2, 0.25) is 0 Å². The minimum atomic E-state index is -0.461. The van der Waals surface area contributed by atoms with Gasteiger partial charge in [0.25, 0.3) is 11.6 Å². The molecule has 0 spiro atoms. The summed E-state index contributed by atoms with van der Waals surface area (Å²) in [5.41, 5.74) is 7.15. The largest absolute Gasteiger partial charge is 0.341 e. The van der Waals surface area contributed by atoms with Crippen molar-refractivity contribution in [1.29, 1.82) is 0 Å². The monoisotopic (exact) mass is 345 g/mol. The summed E-state index contributed by atoms with van der Waals surface area (Å²) in [6.45, 7) is 4.97. The number of carbonyl (C=O) groups is 1. The predicted molar refractivity (Wildman–Crippen MR) is 95.1 cm³/mol. The molecule has 134 valence electrons. The van der Waals surface area contributed by atoms with Crippen molar-refractivity contribution in [2.45, 2.75) is 13.8 Å². The van der Waals surface area contributed by atoms with Gasteiger partial charge in [-0.1, -0.05) is 13.8 Å². The molecule has 0 atom stereocenters. The number of hydrogen-bond acceptors (Lipinski definition) is 5. The van der Waals surface area contributed by atoms with E-state index in [1.54, 1.807) is 42.0 Å². The van der Waals surface area contributed by atoms with Gasteiger partial charge in [0, 0.05) is 44.5 Å². The lowest BCUT2D eigenvalue weighted by Crippen LogP contribution is -2.39. The maximum Gasteiger partial charge on any atom is 0.269 e. The van der Waals surface area contributed by atoms with Gasteiger partial charge in [-0.3, -0.25) is 19.6 Å². The fourth-order valence-electron chi connectivity index (χ4n) is 2.58. The van der Waals surface area contributed by atoms with E-state index < -0.39 is 4.92 Å². The molecule has 1 heterocycles. The Balaban J connectivity index is 2.34. The van der Waals surface area contributed by atoms with Gasteiger partial charge in [-0.15, -0.1) is 0 Å². The Hall–Kier alpha value is -2.74. The highest BCUT2D eigenvalue weighted by molar-refractivity contribution is 5.99. The van der Waals surface area contributed by atoms with Crippen LogP contribution in [-0.2, 0) is 7.05 Å². The summed E-state index contributed by atoms with van der Waals surface area (Å²) in [7, 11) is 3.46. The summed E-state index contributed by atoms with van der Waals surface area (Å²) in [5, 5.41) is 15.1. The Labute approximate surface area is 146 Å². The van der Waals surface area contributed by atoms with Gasteiger partial charge in [0.15, 0.2) is 0 Å². The molecule has 0 aliphatic carbocycles. The Morgan fingerprint density at radius 2 is 1.96 bits per heavy atom. The highest BCUT2D eigenvalue weighted by Crippen LogP contribution is 2.26. The number of carbonyl (C=O) groups excluding carboxylic acids is 1. The smallest absolute Gasteiger partial charge is 0.269 e. The number of rotatable bonds is 6. The molecule has 8 nitrogen and oxygen atoms in total. The molecule has 1 aromatic carbocycles. The molecule has 2 N–H and O–H groups in total. The van der Waals surface area contributed by atoms with Crippen LogP contribution in [0.1, 0.15) is 24.2 Å². The Morgan fingerprint density at radius 1 is 1.36 bits per heavy atom. The third-order valence-electron chi connectivity index (χ3n) is 3.98. The zero-order valence-corrected chi connectivity index (χ0v) is 14.9. The minimum absolute atomic E-state index is 0.00521. The summed E-state index contributed by atoms with van der Waals surface area (Å²) in [6, 6.07) is 6.00. The SMILES string of the molecule is CN(CC(C)(C)CN)C(=O)c1cn(C)nc1-c1ccc([N+](=O)[O-])cc1. The Kier molecular flexibility index (Phi) is 5.22. The maximum atomic E-state index is 12.8. The predicted octanol–water partition coefficient (Wildman–Crippen LogP) is 2.05. The zero-order chi connectivity index (χ0) is 18.8. The molecule has 0 radical (unpaired) electrons. The van der Waals surface area contributed by atoms with Crippen LogP contribution in [0.15, 0.2) is 30.5 Å². The first kappa shape index (κ1) is 18.6. The number of benzene rings is 1. The highest BCUT2D eigenvalue weighted by atomic mass is 16.6. The van der Waals surface area contributed by atoms with E-state index in [1.807, 2.05) is 13.8 Å². The van der Waals surface area contributed by atoms with E-state index in [2.05, 4.69) is 5.10 Å². The van der Waals surface area contributed by atoms with Crippen molar-refractivity contribution in [2.75, 3.05) is 20.1 Å². The van der Waals surface area contributed by atoms with Gasteiger partial charge in [-0.2, -0.15) is 5.10 Å². The number of nitro groups is 1. The zero-order valence-electron chi connectivity index (χ0n) is 14.9. The topological polar surface area (TPSA) is 107 Å². The lowest BCUT2D eigenvalue weighted by Gasteiger charge is -2.29. The van der Waals surface area contributed by atoms with E-state index in [9.17, 15) is 14.9 Å². The molecule has 0 fully saturated rings. The lowest BCUT2D eigenvalue weighted by atomic mass is 9.93. The van der Waals surface area contributed by atoms with Crippen LogP contribution in [0.5, 0.6) is 0 Å². The number of nitrogens with zero attached hydrogens (tertiary/aromatic N) is 4. The summed E-state index contributed by atoms with van der Waals surface area (Å²) in [4.78, 5) is 24.8. The molecule has 25 heavy (non-hydrogen) atoms. The fraction of sp³-hybridized carbons (Fsp3) is 0.412. The molecular formula is C17H23N5O3. The second-order valence-corrected chi connectivity index (χ2v) is 6.90. The molecule has 0 aliphatic heterocycles. The van der Waals surface area contributed by atoms with Crippen molar-refractivity contribution in [3.05, 3.63) is 46.1 Å². The Morgan fingerprint density at radius 3 is 2.48 bits per heavy atom. The average molecular weight is 345 g/mol. The number of aromatic nitrogens is 2. The highest BCUT2D eigenvalue weighted by Gasteiger charge is 2.25. The summed E-state index contributed by atoms with van der Waals surface area (Å²) < 4.78 is 1.56. The van der Waals surface area contributed by atoms with E-state index in [0.717, 1.165) is 0 Å². The van der Waals surface area contributed by atoms with E-state index in [-0.39, 0.29) is 17.0 Å².